The normalized spacial score (nSPS) is 13.5. The fourth-order valence-electron chi connectivity index (χ4n) is 2.85. The molecule has 1 amide bonds. The Hall–Kier alpha value is -2.84. The zero-order chi connectivity index (χ0) is 20.5. The van der Waals surface area contributed by atoms with Crippen LogP contribution in [0, 0.1) is 16.0 Å². The summed E-state index contributed by atoms with van der Waals surface area (Å²) < 4.78 is 15.6. The van der Waals surface area contributed by atoms with E-state index in [-0.39, 0.29) is 30.3 Å². The number of nitrogens with one attached hydrogen (secondary N) is 1. The lowest BCUT2D eigenvalue weighted by Crippen LogP contribution is -2.33. The lowest BCUT2D eigenvalue weighted by Gasteiger charge is -2.18. The van der Waals surface area contributed by atoms with Crippen LogP contribution in [0.2, 0.25) is 0 Å². The smallest absolute Gasteiger partial charge is 0.345 e. The van der Waals surface area contributed by atoms with Crippen LogP contribution in [0.3, 0.4) is 0 Å². The molecule has 0 fully saturated rings. The van der Waals surface area contributed by atoms with Crippen LogP contribution in [-0.2, 0) is 9.53 Å². The predicted octanol–water partition coefficient (Wildman–Crippen LogP) is 2.86. The summed E-state index contributed by atoms with van der Waals surface area (Å²) in [5.41, 5.74) is -0.739. The molecule has 154 valence electrons. The predicted molar refractivity (Wildman–Crippen MR) is 101 cm³/mol. The van der Waals surface area contributed by atoms with Gasteiger partial charge in [0.1, 0.15) is 18.8 Å². The van der Waals surface area contributed by atoms with Gasteiger partial charge in [0.2, 0.25) is 0 Å². The maximum Gasteiger partial charge on any atom is 0.345 e. The molecule has 0 aliphatic carbocycles. The van der Waals surface area contributed by atoms with Crippen molar-refractivity contribution in [3.63, 3.8) is 0 Å². The first-order valence-corrected chi connectivity index (χ1v) is 9.48. The van der Waals surface area contributed by atoms with Crippen molar-refractivity contribution in [2.75, 3.05) is 26.4 Å². The Morgan fingerprint density at radius 1 is 1.25 bits per heavy atom. The Morgan fingerprint density at radius 3 is 2.54 bits per heavy atom. The summed E-state index contributed by atoms with van der Waals surface area (Å²) in [6.45, 7) is 4.73. The van der Waals surface area contributed by atoms with E-state index in [1.165, 1.54) is 6.07 Å². The van der Waals surface area contributed by atoms with E-state index in [1.54, 1.807) is 0 Å². The van der Waals surface area contributed by atoms with Gasteiger partial charge < -0.3 is 19.5 Å². The number of esters is 1. The minimum Gasteiger partial charge on any atom is -0.486 e. The monoisotopic (exact) mass is 394 g/mol. The minimum absolute atomic E-state index is 0.199. The molecule has 1 atom stereocenters. The summed E-state index contributed by atoms with van der Waals surface area (Å²) >= 11 is 0. The van der Waals surface area contributed by atoms with E-state index in [0.717, 1.165) is 31.7 Å². The molecule has 1 heterocycles. The molecule has 1 aromatic rings. The largest absolute Gasteiger partial charge is 0.486 e. The Kier molecular flexibility index (Phi) is 8.03. The molecule has 0 saturated carbocycles. The highest BCUT2D eigenvalue weighted by molar-refractivity contribution is 5.96. The van der Waals surface area contributed by atoms with Crippen LogP contribution in [0.5, 0.6) is 11.5 Å². The molecular formula is C19H26N2O7. The lowest BCUT2D eigenvalue weighted by molar-refractivity contribution is -0.385. The summed E-state index contributed by atoms with van der Waals surface area (Å²) in [7, 11) is 0. The quantitative estimate of drug-likeness (QED) is 0.368. The van der Waals surface area contributed by atoms with Crippen molar-refractivity contribution in [3.05, 3.63) is 27.8 Å². The molecule has 0 saturated heterocycles. The van der Waals surface area contributed by atoms with E-state index in [1.807, 2.05) is 0 Å². The van der Waals surface area contributed by atoms with Gasteiger partial charge in [-0.1, -0.05) is 33.1 Å². The minimum atomic E-state index is -0.961. The van der Waals surface area contributed by atoms with Gasteiger partial charge in [-0.25, -0.2) is 4.79 Å². The van der Waals surface area contributed by atoms with Crippen molar-refractivity contribution in [1.29, 1.82) is 0 Å². The zero-order valence-electron chi connectivity index (χ0n) is 16.2. The van der Waals surface area contributed by atoms with Gasteiger partial charge in [-0.15, -0.1) is 0 Å². The van der Waals surface area contributed by atoms with Crippen LogP contribution in [0.1, 0.15) is 49.9 Å². The van der Waals surface area contributed by atoms with E-state index >= 15 is 0 Å². The highest BCUT2D eigenvalue weighted by Crippen LogP contribution is 2.36. The Balaban J connectivity index is 1.95. The molecule has 0 aromatic heterocycles. The molecule has 28 heavy (non-hydrogen) atoms. The number of fused-ring (bicyclic) bond motifs is 1. The molecule has 1 aromatic carbocycles. The SMILES string of the molecule is CCCC[C@@H](CC)CNC(=O)COC(=O)c1cc2c(cc1[N+](=O)[O-])OCCO2. The number of carbonyl (C=O) groups excluding carboxylic acids is 2. The first-order valence-electron chi connectivity index (χ1n) is 9.48. The summed E-state index contributed by atoms with van der Waals surface area (Å²) in [5, 5.41) is 14.0. The number of rotatable bonds is 10. The number of nitro benzene ring substituents is 1. The van der Waals surface area contributed by atoms with Crippen molar-refractivity contribution >= 4 is 17.6 Å². The first-order chi connectivity index (χ1) is 13.5. The third-order valence-corrected chi connectivity index (χ3v) is 4.54. The fourth-order valence-corrected chi connectivity index (χ4v) is 2.85. The highest BCUT2D eigenvalue weighted by atomic mass is 16.6. The van der Waals surface area contributed by atoms with Gasteiger partial charge in [0.05, 0.1) is 11.0 Å². The van der Waals surface area contributed by atoms with Gasteiger partial charge in [0.15, 0.2) is 18.1 Å². The standard InChI is InChI=1S/C19H26N2O7/c1-3-5-6-13(4-2)11-20-18(22)12-28-19(23)14-9-16-17(27-8-7-26-16)10-15(14)21(24)25/h9-10,13H,3-8,11-12H2,1-2H3,(H,20,22)/t13-/m1/s1. The highest BCUT2D eigenvalue weighted by Gasteiger charge is 2.27. The van der Waals surface area contributed by atoms with Crippen LogP contribution in [0.15, 0.2) is 12.1 Å². The van der Waals surface area contributed by atoms with E-state index in [9.17, 15) is 19.7 Å². The second kappa shape index (κ2) is 10.5. The molecular weight excluding hydrogens is 368 g/mol. The number of carbonyl (C=O) groups is 2. The lowest BCUT2D eigenvalue weighted by atomic mass is 9.99. The molecule has 0 bridgehead atoms. The van der Waals surface area contributed by atoms with Crippen molar-refractivity contribution in [2.24, 2.45) is 5.92 Å². The molecule has 1 aliphatic rings. The van der Waals surface area contributed by atoms with Gasteiger partial charge in [-0.3, -0.25) is 14.9 Å². The van der Waals surface area contributed by atoms with Crippen LogP contribution < -0.4 is 14.8 Å². The Bertz CT molecular complexity index is 720. The average Bonchev–Trinajstić information content (AvgIpc) is 2.71. The van der Waals surface area contributed by atoms with E-state index < -0.39 is 29.1 Å². The Labute approximate surface area is 163 Å². The van der Waals surface area contributed by atoms with Crippen LogP contribution >= 0.6 is 0 Å². The summed E-state index contributed by atoms with van der Waals surface area (Å²) in [4.78, 5) is 34.8. The maximum absolute atomic E-state index is 12.3. The molecule has 0 unspecified atom stereocenters. The topological polar surface area (TPSA) is 117 Å². The molecule has 0 spiro atoms. The number of nitrogens with zero attached hydrogens (tertiary/aromatic N) is 1. The number of unbranched alkanes of at least 4 members (excludes halogenated alkanes) is 1. The number of ether oxygens (including phenoxy) is 3. The van der Waals surface area contributed by atoms with Crippen molar-refractivity contribution < 1.29 is 28.7 Å². The third kappa shape index (κ3) is 5.83. The molecule has 1 N–H and O–H groups in total. The van der Waals surface area contributed by atoms with Crippen molar-refractivity contribution in [1.82, 2.24) is 5.32 Å². The second-order valence-corrected chi connectivity index (χ2v) is 6.57. The van der Waals surface area contributed by atoms with Crippen molar-refractivity contribution in [2.45, 2.75) is 39.5 Å². The maximum atomic E-state index is 12.3. The molecule has 2 rings (SSSR count). The fraction of sp³-hybridized carbons (Fsp3) is 0.579. The summed E-state index contributed by atoms with van der Waals surface area (Å²) in [6, 6.07) is 2.34. The summed E-state index contributed by atoms with van der Waals surface area (Å²) in [6.07, 6.45) is 4.16. The van der Waals surface area contributed by atoms with Gasteiger partial charge in [0, 0.05) is 12.6 Å². The van der Waals surface area contributed by atoms with E-state index in [2.05, 4.69) is 19.2 Å². The van der Waals surface area contributed by atoms with Gasteiger partial charge >= 0.3 is 5.97 Å². The van der Waals surface area contributed by atoms with Gasteiger partial charge in [-0.2, -0.15) is 0 Å². The van der Waals surface area contributed by atoms with Crippen LogP contribution in [-0.4, -0.2) is 43.2 Å². The number of hydrogen-bond donors (Lipinski definition) is 1. The molecule has 0 radical (unpaired) electrons. The van der Waals surface area contributed by atoms with E-state index in [4.69, 9.17) is 14.2 Å². The summed E-state index contributed by atoms with van der Waals surface area (Å²) in [5.74, 6) is -0.598. The molecule has 9 heteroatoms. The third-order valence-electron chi connectivity index (χ3n) is 4.54. The number of amides is 1. The van der Waals surface area contributed by atoms with E-state index in [0.29, 0.717) is 12.5 Å². The molecule has 1 aliphatic heterocycles. The van der Waals surface area contributed by atoms with Crippen LogP contribution in [0.4, 0.5) is 5.69 Å². The zero-order valence-corrected chi connectivity index (χ0v) is 16.2. The van der Waals surface area contributed by atoms with Gasteiger partial charge in [-0.05, 0) is 12.3 Å². The number of nitro groups is 1. The molecule has 9 nitrogen and oxygen atoms in total. The van der Waals surface area contributed by atoms with Gasteiger partial charge in [0.25, 0.3) is 11.6 Å². The second-order valence-electron chi connectivity index (χ2n) is 6.57. The number of hydrogen-bond acceptors (Lipinski definition) is 7. The first kappa shape index (κ1) is 21.5. The average molecular weight is 394 g/mol. The van der Waals surface area contributed by atoms with Crippen molar-refractivity contribution in [3.8, 4) is 11.5 Å². The van der Waals surface area contributed by atoms with Crippen LogP contribution in [0.25, 0.3) is 0 Å². The number of benzene rings is 1. The Morgan fingerprint density at radius 2 is 1.93 bits per heavy atom.